The summed E-state index contributed by atoms with van der Waals surface area (Å²) < 4.78 is 0. The van der Waals surface area contributed by atoms with Crippen molar-refractivity contribution in [3.63, 3.8) is 0 Å². The maximum atomic E-state index is 11.8. The maximum Gasteiger partial charge on any atom is 0.269 e. The molecule has 0 atom stereocenters. The van der Waals surface area contributed by atoms with Crippen LogP contribution in [0.15, 0.2) is 42.5 Å². The van der Waals surface area contributed by atoms with E-state index in [4.69, 9.17) is 34.8 Å². The molecule has 0 saturated heterocycles. The van der Waals surface area contributed by atoms with Crippen LogP contribution >= 0.6 is 34.8 Å². The van der Waals surface area contributed by atoms with Crippen LogP contribution in [0, 0.1) is 0 Å². The third kappa shape index (κ3) is 5.43. The highest BCUT2D eigenvalue weighted by atomic mass is 35.5. The average molecular weight is 372 g/mol. The van der Waals surface area contributed by atoms with E-state index in [1.807, 2.05) is 0 Å². The molecule has 7 heteroatoms. The van der Waals surface area contributed by atoms with E-state index in [1.54, 1.807) is 42.5 Å². The van der Waals surface area contributed by atoms with Crippen LogP contribution in [-0.4, -0.2) is 11.8 Å². The predicted molar refractivity (Wildman–Crippen MR) is 91.8 cm³/mol. The molecule has 0 aliphatic carbocycles. The molecule has 0 heterocycles. The van der Waals surface area contributed by atoms with Gasteiger partial charge < -0.3 is 0 Å². The van der Waals surface area contributed by atoms with Gasteiger partial charge in [0.25, 0.3) is 5.91 Å². The Bertz CT molecular complexity index is 718. The van der Waals surface area contributed by atoms with Gasteiger partial charge in [0.2, 0.25) is 5.91 Å². The van der Waals surface area contributed by atoms with Gasteiger partial charge in [0, 0.05) is 27.1 Å². The summed E-state index contributed by atoms with van der Waals surface area (Å²) in [5, 5.41) is 1.58. The number of carbonyl (C=O) groups is 2. The van der Waals surface area contributed by atoms with E-state index in [1.165, 1.54) is 0 Å². The first kappa shape index (κ1) is 17.6. The first-order valence-corrected chi connectivity index (χ1v) is 7.88. The summed E-state index contributed by atoms with van der Waals surface area (Å²) in [4.78, 5) is 23.6. The van der Waals surface area contributed by atoms with E-state index in [9.17, 15) is 9.59 Å². The molecule has 0 spiro atoms. The van der Waals surface area contributed by atoms with Gasteiger partial charge in [-0.15, -0.1) is 0 Å². The number of amides is 2. The highest BCUT2D eigenvalue weighted by molar-refractivity contribution is 6.35. The summed E-state index contributed by atoms with van der Waals surface area (Å²) in [5.74, 6) is -0.738. The van der Waals surface area contributed by atoms with E-state index in [0.29, 0.717) is 27.1 Å². The molecule has 2 aromatic rings. The highest BCUT2D eigenvalue weighted by Crippen LogP contribution is 2.21. The molecule has 2 aromatic carbocycles. The van der Waals surface area contributed by atoms with E-state index in [-0.39, 0.29) is 12.3 Å². The Morgan fingerprint density at radius 2 is 1.52 bits per heavy atom. The first-order chi connectivity index (χ1) is 11.0. The number of nitrogens with one attached hydrogen (secondary N) is 2. The minimum Gasteiger partial charge on any atom is -0.273 e. The van der Waals surface area contributed by atoms with Gasteiger partial charge in [-0.3, -0.25) is 20.4 Å². The number of aryl methyl sites for hydroxylation is 1. The molecule has 23 heavy (non-hydrogen) atoms. The summed E-state index contributed by atoms with van der Waals surface area (Å²) in [5.41, 5.74) is 5.91. The lowest BCUT2D eigenvalue weighted by Crippen LogP contribution is -2.41. The molecule has 2 amide bonds. The predicted octanol–water partition coefficient (Wildman–Crippen LogP) is 4.04. The second kappa shape index (κ2) is 8.20. The van der Waals surface area contributed by atoms with Crippen molar-refractivity contribution in [2.45, 2.75) is 12.8 Å². The molecule has 0 unspecified atom stereocenters. The van der Waals surface area contributed by atoms with Crippen molar-refractivity contribution in [1.82, 2.24) is 10.9 Å². The van der Waals surface area contributed by atoms with Crippen LogP contribution in [-0.2, 0) is 11.2 Å². The van der Waals surface area contributed by atoms with Crippen LogP contribution in [0.1, 0.15) is 22.3 Å². The molecule has 0 aliphatic rings. The highest BCUT2D eigenvalue weighted by Gasteiger charge is 2.09. The minimum absolute atomic E-state index is 0.183. The zero-order valence-electron chi connectivity index (χ0n) is 11.9. The fourth-order valence-corrected chi connectivity index (χ4v) is 2.46. The number of rotatable bonds is 4. The van der Waals surface area contributed by atoms with Gasteiger partial charge in [0.15, 0.2) is 0 Å². The molecule has 0 aliphatic heterocycles. The lowest BCUT2D eigenvalue weighted by Gasteiger charge is -2.08. The topological polar surface area (TPSA) is 58.2 Å². The van der Waals surface area contributed by atoms with E-state index < -0.39 is 5.91 Å². The molecular weight excluding hydrogens is 359 g/mol. The van der Waals surface area contributed by atoms with Gasteiger partial charge in [0.1, 0.15) is 0 Å². The van der Waals surface area contributed by atoms with Crippen LogP contribution in [0.3, 0.4) is 0 Å². The van der Waals surface area contributed by atoms with Crippen LogP contribution in [0.5, 0.6) is 0 Å². The lowest BCUT2D eigenvalue weighted by molar-refractivity contribution is -0.121. The van der Waals surface area contributed by atoms with Crippen molar-refractivity contribution < 1.29 is 9.59 Å². The molecular formula is C16H13Cl3N2O2. The fourth-order valence-electron chi connectivity index (χ4n) is 1.84. The van der Waals surface area contributed by atoms with Crippen LogP contribution in [0.4, 0.5) is 0 Å². The molecule has 0 radical (unpaired) electrons. The Morgan fingerprint density at radius 3 is 2.17 bits per heavy atom. The Labute approximate surface area is 148 Å². The largest absolute Gasteiger partial charge is 0.273 e. The summed E-state index contributed by atoms with van der Waals surface area (Å²) in [6.45, 7) is 0. The van der Waals surface area contributed by atoms with E-state index >= 15 is 0 Å². The van der Waals surface area contributed by atoms with Crippen molar-refractivity contribution >= 4 is 46.6 Å². The summed E-state index contributed by atoms with van der Waals surface area (Å²) in [6, 6.07) is 11.4. The van der Waals surface area contributed by atoms with E-state index in [0.717, 1.165) is 5.56 Å². The molecule has 0 saturated carbocycles. The second-order valence-electron chi connectivity index (χ2n) is 4.74. The summed E-state index contributed by atoms with van der Waals surface area (Å²) >= 11 is 17.6. The Kier molecular flexibility index (Phi) is 6.28. The molecule has 0 fully saturated rings. The van der Waals surface area contributed by atoms with Crippen LogP contribution < -0.4 is 10.9 Å². The first-order valence-electron chi connectivity index (χ1n) is 6.74. The summed E-state index contributed by atoms with van der Waals surface area (Å²) in [6.07, 6.45) is 0.626. The SMILES string of the molecule is O=C(CCc1ccc(Cl)cc1Cl)NNC(=O)c1ccc(Cl)cc1. The second-order valence-corrected chi connectivity index (χ2v) is 6.02. The fraction of sp³-hybridized carbons (Fsp3) is 0.125. The smallest absolute Gasteiger partial charge is 0.269 e. The number of hydrazine groups is 1. The zero-order chi connectivity index (χ0) is 16.8. The van der Waals surface area contributed by atoms with Gasteiger partial charge in [-0.05, 0) is 48.4 Å². The lowest BCUT2D eigenvalue weighted by atomic mass is 10.1. The number of hydrogen-bond donors (Lipinski definition) is 2. The number of hydrogen-bond acceptors (Lipinski definition) is 2. The van der Waals surface area contributed by atoms with Crippen LogP contribution in [0.25, 0.3) is 0 Å². The van der Waals surface area contributed by atoms with Gasteiger partial charge in [0.05, 0.1) is 0 Å². The molecule has 2 N–H and O–H groups in total. The van der Waals surface area contributed by atoms with Crippen molar-refractivity contribution in [2.75, 3.05) is 0 Å². The third-order valence-corrected chi connectivity index (χ3v) is 3.90. The zero-order valence-corrected chi connectivity index (χ0v) is 14.2. The van der Waals surface area contributed by atoms with Crippen molar-refractivity contribution in [1.29, 1.82) is 0 Å². The monoisotopic (exact) mass is 370 g/mol. The van der Waals surface area contributed by atoms with Crippen LogP contribution in [0.2, 0.25) is 15.1 Å². The van der Waals surface area contributed by atoms with Crippen molar-refractivity contribution in [3.05, 3.63) is 68.7 Å². The Morgan fingerprint density at radius 1 is 0.870 bits per heavy atom. The van der Waals surface area contributed by atoms with Gasteiger partial charge >= 0.3 is 0 Å². The van der Waals surface area contributed by atoms with Crippen molar-refractivity contribution in [2.24, 2.45) is 0 Å². The molecule has 0 aromatic heterocycles. The average Bonchev–Trinajstić information content (AvgIpc) is 2.52. The normalized spacial score (nSPS) is 10.2. The van der Waals surface area contributed by atoms with Gasteiger partial charge in [-0.1, -0.05) is 40.9 Å². The minimum atomic E-state index is -0.417. The number of halogens is 3. The molecule has 4 nitrogen and oxygen atoms in total. The summed E-state index contributed by atoms with van der Waals surface area (Å²) in [7, 11) is 0. The van der Waals surface area contributed by atoms with Gasteiger partial charge in [-0.25, -0.2) is 0 Å². The number of benzene rings is 2. The molecule has 0 bridgehead atoms. The number of carbonyl (C=O) groups excluding carboxylic acids is 2. The Hall–Kier alpha value is -1.75. The third-order valence-electron chi connectivity index (χ3n) is 3.06. The van der Waals surface area contributed by atoms with Gasteiger partial charge in [-0.2, -0.15) is 0 Å². The Balaban J connectivity index is 1.81. The molecule has 120 valence electrons. The molecule has 2 rings (SSSR count). The van der Waals surface area contributed by atoms with Crippen molar-refractivity contribution in [3.8, 4) is 0 Å². The van der Waals surface area contributed by atoms with E-state index in [2.05, 4.69) is 10.9 Å². The quantitative estimate of drug-likeness (QED) is 0.797. The maximum absolute atomic E-state index is 11.8. The standard InChI is InChI=1S/C16H13Cl3N2O2/c17-12-5-2-11(3-6-12)16(23)21-20-15(22)8-4-10-1-7-13(18)9-14(10)19/h1-3,5-7,9H,4,8H2,(H,20,22)(H,21,23).